The number of aliphatic hydroxyl groups is 1. The third-order valence-corrected chi connectivity index (χ3v) is 2.71. The minimum Gasteiger partial charge on any atom is -0.396 e. The summed E-state index contributed by atoms with van der Waals surface area (Å²) in [5.74, 6) is 0.281. The highest BCUT2D eigenvalue weighted by Crippen LogP contribution is 2.29. The van der Waals surface area contributed by atoms with Gasteiger partial charge in [-0.2, -0.15) is 0 Å². The van der Waals surface area contributed by atoms with E-state index in [9.17, 15) is 4.79 Å². The quantitative estimate of drug-likeness (QED) is 0.632. The van der Waals surface area contributed by atoms with E-state index in [1.807, 2.05) is 0 Å². The second-order valence-corrected chi connectivity index (χ2v) is 3.80. The van der Waals surface area contributed by atoms with Gasteiger partial charge in [0, 0.05) is 25.2 Å². The summed E-state index contributed by atoms with van der Waals surface area (Å²) in [6.45, 7) is 0.878. The minimum atomic E-state index is -0.236. The summed E-state index contributed by atoms with van der Waals surface area (Å²) in [7, 11) is 0. The van der Waals surface area contributed by atoms with Crippen molar-refractivity contribution in [3.8, 4) is 0 Å². The smallest absolute Gasteiger partial charge is 0.249 e. The molecule has 1 saturated heterocycles. The molecule has 0 spiro atoms. The summed E-state index contributed by atoms with van der Waals surface area (Å²) >= 11 is 0. The Morgan fingerprint density at radius 2 is 2.46 bits per heavy atom. The Bertz CT molecular complexity index is 201. The van der Waals surface area contributed by atoms with E-state index in [1.54, 1.807) is 0 Å². The SMILES string of the molecule is O=C(N[C@@H]1C[C@H]1CO)[C@H]1CCCO1. The van der Waals surface area contributed by atoms with Crippen molar-refractivity contribution in [3.05, 3.63) is 0 Å². The highest BCUT2D eigenvalue weighted by molar-refractivity contribution is 5.81. The van der Waals surface area contributed by atoms with Crippen molar-refractivity contribution in [1.29, 1.82) is 0 Å². The molecule has 1 saturated carbocycles. The van der Waals surface area contributed by atoms with Crippen LogP contribution in [0, 0.1) is 5.92 Å². The number of carbonyl (C=O) groups excluding carboxylic acids is 1. The van der Waals surface area contributed by atoms with Gasteiger partial charge >= 0.3 is 0 Å². The summed E-state index contributed by atoms with van der Waals surface area (Å²) in [5.41, 5.74) is 0. The van der Waals surface area contributed by atoms with Crippen molar-refractivity contribution >= 4 is 5.91 Å². The number of aliphatic hydroxyl groups excluding tert-OH is 1. The molecule has 4 heteroatoms. The molecule has 3 atom stereocenters. The molecule has 0 aromatic heterocycles. The number of rotatable bonds is 3. The van der Waals surface area contributed by atoms with Gasteiger partial charge in [-0.1, -0.05) is 0 Å². The Morgan fingerprint density at radius 1 is 1.62 bits per heavy atom. The van der Waals surface area contributed by atoms with Crippen LogP contribution in [0.3, 0.4) is 0 Å². The molecule has 1 aliphatic carbocycles. The van der Waals surface area contributed by atoms with Crippen molar-refractivity contribution in [3.63, 3.8) is 0 Å². The topological polar surface area (TPSA) is 58.6 Å². The molecule has 0 radical (unpaired) electrons. The fourth-order valence-electron chi connectivity index (χ4n) is 1.69. The minimum absolute atomic E-state index is 0.00144. The third-order valence-electron chi connectivity index (χ3n) is 2.71. The van der Waals surface area contributed by atoms with Gasteiger partial charge in [-0.15, -0.1) is 0 Å². The first kappa shape index (κ1) is 8.97. The van der Waals surface area contributed by atoms with Gasteiger partial charge < -0.3 is 15.2 Å². The fourth-order valence-corrected chi connectivity index (χ4v) is 1.69. The second-order valence-electron chi connectivity index (χ2n) is 3.80. The summed E-state index contributed by atoms with van der Waals surface area (Å²) in [4.78, 5) is 11.4. The largest absolute Gasteiger partial charge is 0.396 e. The van der Waals surface area contributed by atoms with Crippen LogP contribution in [0.2, 0.25) is 0 Å². The van der Waals surface area contributed by atoms with E-state index in [0.717, 1.165) is 19.3 Å². The van der Waals surface area contributed by atoms with Crippen LogP contribution in [0.15, 0.2) is 0 Å². The van der Waals surface area contributed by atoms with E-state index in [4.69, 9.17) is 9.84 Å². The molecule has 1 heterocycles. The van der Waals surface area contributed by atoms with Crippen LogP contribution in [0.4, 0.5) is 0 Å². The maximum Gasteiger partial charge on any atom is 0.249 e. The Balaban J connectivity index is 1.72. The first-order valence-corrected chi connectivity index (χ1v) is 4.84. The predicted molar refractivity (Wildman–Crippen MR) is 46.1 cm³/mol. The van der Waals surface area contributed by atoms with Crippen LogP contribution in [-0.2, 0) is 9.53 Å². The molecule has 2 aliphatic rings. The van der Waals surface area contributed by atoms with E-state index in [0.29, 0.717) is 6.61 Å². The Labute approximate surface area is 77.3 Å². The lowest BCUT2D eigenvalue weighted by Crippen LogP contribution is -2.36. The third kappa shape index (κ3) is 2.00. The Morgan fingerprint density at radius 3 is 3.00 bits per heavy atom. The monoisotopic (exact) mass is 185 g/mol. The van der Waals surface area contributed by atoms with Crippen molar-refractivity contribution in [2.75, 3.05) is 13.2 Å². The van der Waals surface area contributed by atoms with Gasteiger partial charge in [-0.3, -0.25) is 4.79 Å². The van der Waals surface area contributed by atoms with Gasteiger partial charge in [0.2, 0.25) is 5.91 Å². The van der Waals surface area contributed by atoms with Crippen LogP contribution in [0.25, 0.3) is 0 Å². The predicted octanol–water partition coefficient (Wildman–Crippen LogP) is -0.338. The average molecular weight is 185 g/mol. The van der Waals surface area contributed by atoms with Crippen molar-refractivity contribution in [1.82, 2.24) is 5.32 Å². The number of hydrogen-bond donors (Lipinski definition) is 2. The fraction of sp³-hybridized carbons (Fsp3) is 0.889. The van der Waals surface area contributed by atoms with Crippen molar-refractivity contribution in [2.45, 2.75) is 31.4 Å². The second kappa shape index (κ2) is 3.64. The van der Waals surface area contributed by atoms with Crippen LogP contribution < -0.4 is 5.32 Å². The van der Waals surface area contributed by atoms with Crippen molar-refractivity contribution < 1.29 is 14.6 Å². The molecule has 0 aromatic carbocycles. The van der Waals surface area contributed by atoms with Gasteiger partial charge in [-0.05, 0) is 19.3 Å². The summed E-state index contributed by atoms with van der Waals surface area (Å²) in [6.07, 6.45) is 2.49. The molecule has 13 heavy (non-hydrogen) atoms. The highest BCUT2D eigenvalue weighted by Gasteiger charge is 2.39. The standard InChI is InChI=1S/C9H15NO3/c11-5-6-4-7(6)10-9(12)8-2-1-3-13-8/h6-8,11H,1-5H2,(H,10,12)/t6-,7+,8+/m0/s1. The normalized spacial score (nSPS) is 37.5. The molecule has 2 N–H and O–H groups in total. The van der Waals surface area contributed by atoms with E-state index in [-0.39, 0.29) is 30.6 Å². The van der Waals surface area contributed by atoms with Gasteiger partial charge in [-0.25, -0.2) is 0 Å². The molecular weight excluding hydrogens is 170 g/mol. The first-order chi connectivity index (χ1) is 6.31. The van der Waals surface area contributed by atoms with E-state index < -0.39 is 0 Å². The molecule has 0 bridgehead atoms. The Kier molecular flexibility index (Phi) is 2.51. The van der Waals surface area contributed by atoms with Crippen LogP contribution in [-0.4, -0.2) is 36.4 Å². The lowest BCUT2D eigenvalue weighted by Gasteiger charge is -2.09. The lowest BCUT2D eigenvalue weighted by atomic mass is 10.2. The van der Waals surface area contributed by atoms with E-state index in [1.165, 1.54) is 0 Å². The van der Waals surface area contributed by atoms with Gasteiger partial charge in [0.05, 0.1) is 0 Å². The number of amides is 1. The maximum absolute atomic E-state index is 11.4. The van der Waals surface area contributed by atoms with Crippen molar-refractivity contribution in [2.24, 2.45) is 5.92 Å². The first-order valence-electron chi connectivity index (χ1n) is 4.84. The molecule has 1 aliphatic heterocycles. The van der Waals surface area contributed by atoms with Gasteiger partial charge in [0.15, 0.2) is 0 Å². The molecule has 74 valence electrons. The van der Waals surface area contributed by atoms with Crippen LogP contribution >= 0.6 is 0 Å². The number of ether oxygens (including phenoxy) is 1. The average Bonchev–Trinajstić information content (AvgIpc) is 2.68. The van der Waals surface area contributed by atoms with E-state index >= 15 is 0 Å². The lowest BCUT2D eigenvalue weighted by molar-refractivity contribution is -0.130. The number of nitrogens with one attached hydrogen (secondary N) is 1. The maximum atomic E-state index is 11.4. The zero-order chi connectivity index (χ0) is 9.26. The molecule has 0 aromatic rings. The summed E-state index contributed by atoms with van der Waals surface area (Å²) in [6, 6.07) is 0.196. The van der Waals surface area contributed by atoms with Gasteiger partial charge in [0.1, 0.15) is 6.10 Å². The van der Waals surface area contributed by atoms with E-state index in [2.05, 4.69) is 5.32 Å². The van der Waals surface area contributed by atoms with Crippen LogP contribution in [0.5, 0.6) is 0 Å². The molecule has 0 unspecified atom stereocenters. The van der Waals surface area contributed by atoms with Gasteiger partial charge in [0.25, 0.3) is 0 Å². The highest BCUT2D eigenvalue weighted by atomic mass is 16.5. The number of hydrogen-bond acceptors (Lipinski definition) is 3. The molecule has 1 amide bonds. The zero-order valence-corrected chi connectivity index (χ0v) is 7.53. The number of carbonyl (C=O) groups is 1. The molecule has 2 fully saturated rings. The molecule has 2 rings (SSSR count). The summed E-state index contributed by atoms with van der Waals surface area (Å²) in [5, 5.41) is 11.6. The Hall–Kier alpha value is -0.610. The summed E-state index contributed by atoms with van der Waals surface area (Å²) < 4.78 is 5.24. The molecular formula is C9H15NO3. The zero-order valence-electron chi connectivity index (χ0n) is 7.53. The molecule has 4 nitrogen and oxygen atoms in total. The van der Waals surface area contributed by atoms with Crippen LogP contribution in [0.1, 0.15) is 19.3 Å².